The van der Waals surface area contributed by atoms with Crippen LogP contribution in [0.1, 0.15) is 17.4 Å². The molecule has 0 spiro atoms. The topological polar surface area (TPSA) is 64.9 Å². The summed E-state index contributed by atoms with van der Waals surface area (Å²) >= 11 is 6.14. The van der Waals surface area contributed by atoms with E-state index < -0.39 is 0 Å². The quantitative estimate of drug-likeness (QED) is 0.901. The molecule has 6 nitrogen and oxygen atoms in total. The van der Waals surface area contributed by atoms with Gasteiger partial charge in [0.2, 0.25) is 5.88 Å². The van der Waals surface area contributed by atoms with Gasteiger partial charge in [-0.25, -0.2) is 9.97 Å². The third-order valence-electron chi connectivity index (χ3n) is 2.67. The predicted octanol–water partition coefficient (Wildman–Crippen LogP) is 1.18. The largest absolute Gasteiger partial charge is 0.481 e. The molecule has 0 bridgehead atoms. The first-order valence-electron chi connectivity index (χ1n) is 5.38. The molecule has 18 heavy (non-hydrogen) atoms. The molecule has 0 aliphatic rings. The fraction of sp³-hybridized carbons (Fsp3) is 0.364. The van der Waals surface area contributed by atoms with Crippen molar-refractivity contribution in [2.75, 3.05) is 14.2 Å². The standard InChI is InChI=1S/C11H14ClN5O/c1-13-10(11-7(12)5-16-17(11)2)8-4-9(18-3)15-6-14-8/h4-6,10,13H,1-3H3. The number of ether oxygens (including phenoxy) is 1. The Labute approximate surface area is 110 Å². The number of nitrogens with one attached hydrogen (secondary N) is 1. The van der Waals surface area contributed by atoms with E-state index in [1.165, 1.54) is 6.33 Å². The third-order valence-corrected chi connectivity index (χ3v) is 2.96. The van der Waals surface area contributed by atoms with Crippen LogP contribution in [0.5, 0.6) is 5.88 Å². The van der Waals surface area contributed by atoms with Gasteiger partial charge in [0.1, 0.15) is 6.33 Å². The number of nitrogens with zero attached hydrogens (tertiary/aromatic N) is 4. The van der Waals surface area contributed by atoms with Gasteiger partial charge in [-0.3, -0.25) is 4.68 Å². The second kappa shape index (κ2) is 5.32. The maximum absolute atomic E-state index is 6.14. The van der Waals surface area contributed by atoms with Crippen molar-refractivity contribution in [3.05, 3.63) is 35.0 Å². The van der Waals surface area contributed by atoms with Crippen molar-refractivity contribution >= 4 is 11.6 Å². The van der Waals surface area contributed by atoms with E-state index in [0.717, 1.165) is 11.4 Å². The summed E-state index contributed by atoms with van der Waals surface area (Å²) in [5, 5.41) is 7.88. The summed E-state index contributed by atoms with van der Waals surface area (Å²) < 4.78 is 6.81. The second-order valence-electron chi connectivity index (χ2n) is 3.71. The molecule has 2 heterocycles. The highest BCUT2D eigenvalue weighted by Gasteiger charge is 2.21. The van der Waals surface area contributed by atoms with Crippen LogP contribution in [-0.4, -0.2) is 33.9 Å². The summed E-state index contributed by atoms with van der Waals surface area (Å²) in [6.45, 7) is 0. The maximum Gasteiger partial charge on any atom is 0.216 e. The van der Waals surface area contributed by atoms with Gasteiger partial charge in [-0.05, 0) is 7.05 Å². The van der Waals surface area contributed by atoms with Crippen molar-refractivity contribution < 1.29 is 4.74 Å². The van der Waals surface area contributed by atoms with Crippen molar-refractivity contribution in [2.45, 2.75) is 6.04 Å². The van der Waals surface area contributed by atoms with Crippen molar-refractivity contribution in [3.63, 3.8) is 0 Å². The van der Waals surface area contributed by atoms with Crippen LogP contribution in [0.25, 0.3) is 0 Å². The summed E-state index contributed by atoms with van der Waals surface area (Å²) in [5.41, 5.74) is 1.62. The van der Waals surface area contributed by atoms with Crippen LogP contribution >= 0.6 is 11.6 Å². The molecule has 7 heteroatoms. The van der Waals surface area contributed by atoms with Gasteiger partial charge in [0.15, 0.2) is 0 Å². The van der Waals surface area contributed by atoms with Gasteiger partial charge in [-0.1, -0.05) is 11.6 Å². The number of halogens is 1. The highest BCUT2D eigenvalue weighted by Crippen LogP contribution is 2.27. The molecule has 0 aliphatic heterocycles. The normalized spacial score (nSPS) is 12.4. The van der Waals surface area contributed by atoms with E-state index in [1.54, 1.807) is 24.1 Å². The molecule has 2 aromatic rings. The monoisotopic (exact) mass is 267 g/mol. The lowest BCUT2D eigenvalue weighted by Crippen LogP contribution is -2.22. The first kappa shape index (κ1) is 12.8. The third kappa shape index (κ3) is 2.30. The Bertz CT molecular complexity index is 522. The van der Waals surface area contributed by atoms with Gasteiger partial charge in [0, 0.05) is 13.1 Å². The Hall–Kier alpha value is -1.66. The highest BCUT2D eigenvalue weighted by molar-refractivity contribution is 6.31. The van der Waals surface area contributed by atoms with E-state index >= 15 is 0 Å². The average Bonchev–Trinajstić information content (AvgIpc) is 2.72. The molecule has 0 aromatic carbocycles. The van der Waals surface area contributed by atoms with Gasteiger partial charge in [-0.2, -0.15) is 5.10 Å². The summed E-state index contributed by atoms with van der Waals surface area (Å²) in [7, 11) is 5.24. The van der Waals surface area contributed by atoms with Gasteiger partial charge in [0.25, 0.3) is 0 Å². The van der Waals surface area contributed by atoms with Crippen molar-refractivity contribution in [3.8, 4) is 5.88 Å². The van der Waals surface area contributed by atoms with Gasteiger partial charge < -0.3 is 10.1 Å². The summed E-state index contributed by atoms with van der Waals surface area (Å²) in [6, 6.07) is 1.60. The minimum absolute atomic E-state index is 0.165. The lowest BCUT2D eigenvalue weighted by molar-refractivity contribution is 0.395. The Morgan fingerprint density at radius 3 is 2.78 bits per heavy atom. The van der Waals surface area contributed by atoms with Gasteiger partial charge in [-0.15, -0.1) is 0 Å². The Kier molecular flexibility index (Phi) is 3.78. The number of aryl methyl sites for hydroxylation is 1. The van der Waals surface area contributed by atoms with Crippen LogP contribution in [0.2, 0.25) is 5.02 Å². The molecule has 1 atom stereocenters. The van der Waals surface area contributed by atoms with E-state index in [1.807, 2.05) is 14.1 Å². The molecule has 0 radical (unpaired) electrons. The molecule has 0 saturated heterocycles. The summed E-state index contributed by atoms with van der Waals surface area (Å²) in [5.74, 6) is 0.513. The maximum atomic E-state index is 6.14. The molecule has 2 aromatic heterocycles. The lowest BCUT2D eigenvalue weighted by Gasteiger charge is -2.16. The van der Waals surface area contributed by atoms with Crippen LogP contribution in [0.4, 0.5) is 0 Å². The van der Waals surface area contributed by atoms with E-state index in [9.17, 15) is 0 Å². The zero-order chi connectivity index (χ0) is 13.1. The number of methoxy groups -OCH3 is 1. The lowest BCUT2D eigenvalue weighted by atomic mass is 10.1. The molecular weight excluding hydrogens is 254 g/mol. The Morgan fingerprint density at radius 1 is 1.44 bits per heavy atom. The fourth-order valence-corrected chi connectivity index (χ4v) is 2.07. The fourth-order valence-electron chi connectivity index (χ4n) is 1.79. The number of hydrogen-bond donors (Lipinski definition) is 1. The van der Waals surface area contributed by atoms with E-state index in [0.29, 0.717) is 10.9 Å². The minimum Gasteiger partial charge on any atom is -0.481 e. The molecule has 0 fully saturated rings. The molecule has 1 unspecified atom stereocenters. The highest BCUT2D eigenvalue weighted by atomic mass is 35.5. The molecular formula is C11H14ClN5O. The summed E-state index contributed by atoms with van der Waals surface area (Å²) in [6.07, 6.45) is 3.07. The summed E-state index contributed by atoms with van der Waals surface area (Å²) in [4.78, 5) is 8.23. The van der Waals surface area contributed by atoms with E-state index in [-0.39, 0.29) is 6.04 Å². The molecule has 0 aliphatic carbocycles. The molecule has 1 N–H and O–H groups in total. The molecule has 0 amide bonds. The van der Waals surface area contributed by atoms with Crippen LogP contribution in [0.15, 0.2) is 18.6 Å². The number of hydrogen-bond acceptors (Lipinski definition) is 5. The Morgan fingerprint density at radius 2 is 2.22 bits per heavy atom. The zero-order valence-electron chi connectivity index (χ0n) is 10.4. The molecule has 96 valence electrons. The smallest absolute Gasteiger partial charge is 0.216 e. The van der Waals surface area contributed by atoms with Crippen molar-refractivity contribution in [1.82, 2.24) is 25.1 Å². The van der Waals surface area contributed by atoms with Crippen LogP contribution < -0.4 is 10.1 Å². The number of aromatic nitrogens is 4. The SMILES string of the molecule is CNC(c1cc(OC)ncn1)c1c(Cl)cnn1C. The van der Waals surface area contributed by atoms with Gasteiger partial charge >= 0.3 is 0 Å². The zero-order valence-corrected chi connectivity index (χ0v) is 11.1. The van der Waals surface area contributed by atoms with Gasteiger partial charge in [0.05, 0.1) is 35.8 Å². The van der Waals surface area contributed by atoms with Crippen molar-refractivity contribution in [2.24, 2.45) is 7.05 Å². The predicted molar refractivity (Wildman–Crippen MR) is 67.7 cm³/mol. The van der Waals surface area contributed by atoms with E-state index in [4.69, 9.17) is 16.3 Å². The van der Waals surface area contributed by atoms with Crippen molar-refractivity contribution in [1.29, 1.82) is 0 Å². The first-order chi connectivity index (χ1) is 8.67. The average molecular weight is 268 g/mol. The van der Waals surface area contributed by atoms with Crippen LogP contribution in [-0.2, 0) is 7.05 Å². The molecule has 0 saturated carbocycles. The van der Waals surface area contributed by atoms with Crippen LogP contribution in [0.3, 0.4) is 0 Å². The number of rotatable bonds is 4. The second-order valence-corrected chi connectivity index (χ2v) is 4.12. The minimum atomic E-state index is -0.165. The molecule has 2 rings (SSSR count). The van der Waals surface area contributed by atoms with Crippen LogP contribution in [0, 0.1) is 0 Å². The van der Waals surface area contributed by atoms with E-state index in [2.05, 4.69) is 20.4 Å². The first-order valence-corrected chi connectivity index (χ1v) is 5.75. The Balaban J connectivity index is 2.45.